The zero-order valence-corrected chi connectivity index (χ0v) is 10.4. The molecule has 1 aliphatic rings. The fourth-order valence-electron chi connectivity index (χ4n) is 1.63. The number of nitrogens with zero attached hydrogens (tertiary/aromatic N) is 1. The van der Waals surface area contributed by atoms with Gasteiger partial charge in [0, 0.05) is 23.9 Å². The van der Waals surface area contributed by atoms with Gasteiger partial charge in [0.2, 0.25) is 0 Å². The van der Waals surface area contributed by atoms with Crippen molar-refractivity contribution < 1.29 is 5.11 Å². The summed E-state index contributed by atoms with van der Waals surface area (Å²) in [6.07, 6.45) is 2.12. The molecule has 5 nitrogen and oxygen atoms in total. The van der Waals surface area contributed by atoms with Gasteiger partial charge in [-0.3, -0.25) is 0 Å². The maximum atomic E-state index is 9.80. The molecule has 0 amide bonds. The average Bonchev–Trinajstić information content (AvgIpc) is 2.16. The van der Waals surface area contributed by atoms with E-state index in [9.17, 15) is 5.11 Å². The number of nitrogens with two attached hydrogens (primary N) is 2. The summed E-state index contributed by atoms with van der Waals surface area (Å²) >= 11 is 0. The molecule has 2 atom stereocenters. The second-order valence-corrected chi connectivity index (χ2v) is 5.41. The van der Waals surface area contributed by atoms with E-state index < -0.39 is 6.10 Å². The second-order valence-electron chi connectivity index (χ2n) is 5.41. The summed E-state index contributed by atoms with van der Waals surface area (Å²) in [5, 5.41) is 14.5. The summed E-state index contributed by atoms with van der Waals surface area (Å²) in [4.78, 5) is 0. The first-order valence-electron chi connectivity index (χ1n) is 5.72. The van der Waals surface area contributed by atoms with Crippen LogP contribution in [0.2, 0.25) is 0 Å². The van der Waals surface area contributed by atoms with Gasteiger partial charge in [-0.05, 0) is 13.0 Å². The number of rotatable bonds is 2. The van der Waals surface area contributed by atoms with E-state index in [1.807, 2.05) is 20.8 Å². The molecule has 16 heavy (non-hydrogen) atoms. The highest BCUT2D eigenvalue weighted by Crippen LogP contribution is 2.21. The van der Waals surface area contributed by atoms with Crippen LogP contribution >= 0.6 is 0 Å². The average molecular weight is 228 g/mol. The fraction of sp³-hybridized carbons (Fsp3) is 0.818. The van der Waals surface area contributed by atoms with Crippen LogP contribution in [0.5, 0.6) is 0 Å². The van der Waals surface area contributed by atoms with Crippen molar-refractivity contribution in [3.8, 4) is 0 Å². The quantitative estimate of drug-likeness (QED) is 0.386. The van der Waals surface area contributed by atoms with Crippen LogP contribution in [0, 0.1) is 5.41 Å². The zero-order valence-electron chi connectivity index (χ0n) is 10.4. The summed E-state index contributed by atoms with van der Waals surface area (Å²) in [6.45, 7) is 7.56. The highest BCUT2D eigenvalue weighted by atomic mass is 16.3. The molecule has 94 valence electrons. The van der Waals surface area contributed by atoms with Crippen molar-refractivity contribution in [3.05, 3.63) is 11.9 Å². The minimum atomic E-state index is -0.442. The zero-order chi connectivity index (χ0) is 12.3. The largest absolute Gasteiger partial charge is 0.400 e. The molecule has 1 fully saturated rings. The van der Waals surface area contributed by atoms with Crippen molar-refractivity contribution >= 4 is 0 Å². The molecule has 0 aliphatic carbocycles. The second kappa shape index (κ2) is 5.03. The van der Waals surface area contributed by atoms with Crippen molar-refractivity contribution in [3.63, 3.8) is 0 Å². The molecule has 0 radical (unpaired) electrons. The van der Waals surface area contributed by atoms with Crippen LogP contribution in [-0.4, -0.2) is 35.4 Å². The Kier molecular flexibility index (Phi) is 4.18. The van der Waals surface area contributed by atoms with E-state index in [2.05, 4.69) is 5.32 Å². The molecule has 0 bridgehead atoms. The Bertz CT molecular complexity index is 259. The van der Waals surface area contributed by atoms with Crippen LogP contribution < -0.4 is 16.9 Å². The van der Waals surface area contributed by atoms with Gasteiger partial charge in [-0.15, -0.1) is 0 Å². The van der Waals surface area contributed by atoms with E-state index >= 15 is 0 Å². The number of hydrogen-bond donors (Lipinski definition) is 4. The molecule has 0 aromatic carbocycles. The Morgan fingerprint density at radius 2 is 2.12 bits per heavy atom. The maximum Gasteiger partial charge on any atom is 0.0883 e. The lowest BCUT2D eigenvalue weighted by molar-refractivity contribution is 0.0509. The summed E-state index contributed by atoms with van der Waals surface area (Å²) < 4.78 is 0. The number of aliphatic hydroxyl groups excluding tert-OH is 1. The van der Waals surface area contributed by atoms with Gasteiger partial charge in [0.15, 0.2) is 0 Å². The molecule has 0 saturated carbocycles. The topological polar surface area (TPSA) is 87.5 Å². The van der Waals surface area contributed by atoms with Crippen LogP contribution in [0.1, 0.15) is 27.2 Å². The SMILES string of the molecule is CC(C)(C)/C(N)=C/N(N)[C@@H]1CCNC[C@H]1O. The van der Waals surface area contributed by atoms with Gasteiger partial charge in [-0.2, -0.15) is 0 Å². The van der Waals surface area contributed by atoms with Gasteiger partial charge in [0.25, 0.3) is 0 Å². The molecular weight excluding hydrogens is 204 g/mol. The summed E-state index contributed by atoms with van der Waals surface area (Å²) in [6, 6.07) is -0.0536. The molecule has 0 spiro atoms. The number of hydrogen-bond acceptors (Lipinski definition) is 5. The minimum absolute atomic E-state index is 0.0536. The minimum Gasteiger partial charge on any atom is -0.400 e. The molecule has 1 rings (SSSR count). The van der Waals surface area contributed by atoms with Crippen molar-refractivity contribution in [1.82, 2.24) is 10.3 Å². The number of allylic oxidation sites excluding steroid dienone is 1. The Balaban J connectivity index is 2.66. The Morgan fingerprint density at radius 3 is 2.62 bits per heavy atom. The summed E-state index contributed by atoms with van der Waals surface area (Å²) in [5.41, 5.74) is 6.57. The third-order valence-electron chi connectivity index (χ3n) is 2.95. The van der Waals surface area contributed by atoms with Gasteiger partial charge in [0.05, 0.1) is 12.1 Å². The Hall–Kier alpha value is -0.780. The van der Waals surface area contributed by atoms with Crippen molar-refractivity contribution in [2.75, 3.05) is 13.1 Å². The fourth-order valence-corrected chi connectivity index (χ4v) is 1.63. The molecule has 6 N–H and O–H groups in total. The normalized spacial score (nSPS) is 27.9. The van der Waals surface area contributed by atoms with Crippen molar-refractivity contribution in [1.29, 1.82) is 0 Å². The predicted octanol–water partition coefficient (Wildman–Crippen LogP) is -0.269. The van der Waals surface area contributed by atoms with Crippen LogP contribution in [0.3, 0.4) is 0 Å². The number of aliphatic hydroxyl groups is 1. The smallest absolute Gasteiger partial charge is 0.0883 e. The van der Waals surface area contributed by atoms with E-state index in [0.717, 1.165) is 18.7 Å². The van der Waals surface area contributed by atoms with Crippen LogP contribution in [-0.2, 0) is 0 Å². The summed E-state index contributed by atoms with van der Waals surface area (Å²) in [7, 11) is 0. The first kappa shape index (κ1) is 13.3. The Labute approximate surface area is 97.4 Å². The van der Waals surface area contributed by atoms with Gasteiger partial charge >= 0.3 is 0 Å². The standard InChI is InChI=1S/C11H24N4O/c1-11(2,3)10(12)7-15(13)8-4-5-14-6-9(8)16/h7-9,14,16H,4-6,12-13H2,1-3H3/b10-7-/t8-,9-/m1/s1. The van der Waals surface area contributed by atoms with Crippen LogP contribution in [0.15, 0.2) is 11.9 Å². The third kappa shape index (κ3) is 3.37. The van der Waals surface area contributed by atoms with Crippen LogP contribution in [0.4, 0.5) is 0 Å². The van der Waals surface area contributed by atoms with E-state index in [1.54, 1.807) is 11.2 Å². The number of hydrazine groups is 1. The van der Waals surface area contributed by atoms with E-state index in [-0.39, 0.29) is 11.5 Å². The molecule has 0 unspecified atom stereocenters. The monoisotopic (exact) mass is 228 g/mol. The molecule has 0 aromatic heterocycles. The van der Waals surface area contributed by atoms with E-state index in [1.165, 1.54) is 0 Å². The molecule has 0 aromatic rings. The highest BCUT2D eigenvalue weighted by molar-refractivity contribution is 5.06. The predicted molar refractivity (Wildman–Crippen MR) is 65.0 cm³/mol. The lowest BCUT2D eigenvalue weighted by Gasteiger charge is -2.35. The molecule has 5 heteroatoms. The van der Waals surface area contributed by atoms with Crippen molar-refractivity contribution in [2.24, 2.45) is 17.0 Å². The highest BCUT2D eigenvalue weighted by Gasteiger charge is 2.26. The van der Waals surface area contributed by atoms with Gasteiger partial charge in [-0.1, -0.05) is 20.8 Å². The first-order chi connectivity index (χ1) is 7.32. The third-order valence-corrected chi connectivity index (χ3v) is 2.95. The lowest BCUT2D eigenvalue weighted by atomic mass is 9.93. The van der Waals surface area contributed by atoms with Gasteiger partial charge < -0.3 is 21.2 Å². The van der Waals surface area contributed by atoms with Crippen molar-refractivity contribution in [2.45, 2.75) is 39.3 Å². The molecule has 1 heterocycles. The van der Waals surface area contributed by atoms with E-state index in [4.69, 9.17) is 11.6 Å². The van der Waals surface area contributed by atoms with E-state index in [0.29, 0.717) is 6.54 Å². The first-order valence-corrected chi connectivity index (χ1v) is 5.72. The number of β-amino-alcohol motifs (C(OH)–C–C–N with tert-alkyl or cyclic N) is 1. The number of nitrogens with one attached hydrogen (secondary N) is 1. The van der Waals surface area contributed by atoms with Gasteiger partial charge in [0.1, 0.15) is 0 Å². The molecular formula is C11H24N4O. The number of piperidine rings is 1. The summed E-state index contributed by atoms with van der Waals surface area (Å²) in [5.74, 6) is 5.93. The molecule has 1 aliphatic heterocycles. The molecule has 1 saturated heterocycles. The van der Waals surface area contributed by atoms with Gasteiger partial charge in [-0.25, -0.2) is 5.84 Å². The maximum absolute atomic E-state index is 9.80. The van der Waals surface area contributed by atoms with Crippen LogP contribution in [0.25, 0.3) is 0 Å². The Morgan fingerprint density at radius 1 is 1.50 bits per heavy atom. The lowest BCUT2D eigenvalue weighted by Crippen LogP contribution is -2.53.